The van der Waals surface area contributed by atoms with Gasteiger partial charge in [-0.2, -0.15) is 30.0 Å². The molecule has 0 atom stereocenters. The smallest absolute Gasteiger partial charge is 0.475 e. The lowest BCUT2D eigenvalue weighted by molar-refractivity contribution is -0.192. The number of aromatic amines is 1. The number of nitrogen functional groups attached to an aromatic ring is 1. The largest absolute Gasteiger partial charge is 0.490 e. The monoisotopic (exact) mass is 471 g/mol. The molecule has 9 nitrogen and oxygen atoms in total. The van der Waals surface area contributed by atoms with E-state index in [0.717, 1.165) is 31.7 Å². The number of benzene rings is 1. The number of aliphatic carboxylic acids is 1. The van der Waals surface area contributed by atoms with Gasteiger partial charge in [0.1, 0.15) is 5.82 Å². The van der Waals surface area contributed by atoms with Gasteiger partial charge in [-0.25, -0.2) is 14.5 Å². The minimum absolute atomic E-state index is 0.112. The molecule has 172 valence electrons. The normalized spacial score (nSPS) is 14.7. The van der Waals surface area contributed by atoms with Gasteiger partial charge in [-0.3, -0.25) is 4.79 Å². The van der Waals surface area contributed by atoms with Gasteiger partial charge in [0.15, 0.2) is 0 Å². The van der Waals surface area contributed by atoms with Crippen LogP contribution in [-0.2, 0) is 15.3 Å². The number of nitrogens with zero attached hydrogens (tertiary/aromatic N) is 3. The van der Waals surface area contributed by atoms with E-state index in [1.54, 1.807) is 23.1 Å². The van der Waals surface area contributed by atoms with E-state index in [1.807, 2.05) is 23.9 Å². The van der Waals surface area contributed by atoms with Crippen molar-refractivity contribution in [2.75, 3.05) is 18.9 Å². The zero-order valence-corrected chi connectivity index (χ0v) is 17.4. The van der Waals surface area contributed by atoms with Crippen molar-refractivity contribution in [1.82, 2.24) is 19.7 Å². The van der Waals surface area contributed by atoms with Crippen molar-refractivity contribution in [3.63, 3.8) is 0 Å². The van der Waals surface area contributed by atoms with Crippen LogP contribution in [0.3, 0.4) is 0 Å². The zero-order chi connectivity index (χ0) is 23.3. The molecule has 13 heteroatoms. The molecular formula is C19H20F3N5O4S. The van der Waals surface area contributed by atoms with E-state index in [-0.39, 0.29) is 5.56 Å². The Morgan fingerprint density at radius 3 is 2.62 bits per heavy atom. The SMILES string of the molecule is Nc1cnn(-c2ccc3c(=O)[nH]c(CSC4CCOCC4)nc3c2)c1.O=C(O)C(F)(F)F. The number of carboxylic acids is 1. The van der Waals surface area contributed by atoms with Crippen LogP contribution in [0, 0.1) is 0 Å². The van der Waals surface area contributed by atoms with Crippen LogP contribution in [0.15, 0.2) is 35.4 Å². The molecule has 0 bridgehead atoms. The maximum atomic E-state index is 12.3. The number of hydrogen-bond donors (Lipinski definition) is 3. The Morgan fingerprint density at radius 1 is 1.34 bits per heavy atom. The Hall–Kier alpha value is -3.06. The summed E-state index contributed by atoms with van der Waals surface area (Å²) in [6.07, 6.45) is 0.336. The van der Waals surface area contributed by atoms with E-state index in [9.17, 15) is 18.0 Å². The number of H-pyrrole nitrogens is 1. The Kier molecular flexibility index (Phi) is 7.40. The van der Waals surface area contributed by atoms with Crippen LogP contribution < -0.4 is 11.3 Å². The van der Waals surface area contributed by atoms with Crippen molar-refractivity contribution in [1.29, 1.82) is 0 Å². The molecule has 0 radical (unpaired) electrons. The lowest BCUT2D eigenvalue weighted by atomic mass is 10.2. The number of aromatic nitrogens is 4. The van der Waals surface area contributed by atoms with Crippen LogP contribution in [0.25, 0.3) is 16.6 Å². The molecule has 1 aliphatic heterocycles. The van der Waals surface area contributed by atoms with Crippen LogP contribution in [0.5, 0.6) is 0 Å². The molecule has 1 aromatic carbocycles. The molecule has 4 rings (SSSR count). The number of hydrogen-bond acceptors (Lipinski definition) is 7. The highest BCUT2D eigenvalue weighted by Gasteiger charge is 2.38. The molecule has 2 aromatic heterocycles. The number of nitrogens with two attached hydrogens (primary N) is 1. The molecule has 0 unspecified atom stereocenters. The molecule has 4 N–H and O–H groups in total. The summed E-state index contributed by atoms with van der Waals surface area (Å²) in [5, 5.41) is 12.5. The van der Waals surface area contributed by atoms with Crippen molar-refractivity contribution in [2.24, 2.45) is 0 Å². The van der Waals surface area contributed by atoms with Gasteiger partial charge in [0.2, 0.25) is 0 Å². The number of anilines is 1. The van der Waals surface area contributed by atoms with E-state index >= 15 is 0 Å². The predicted octanol–water partition coefficient (Wildman–Crippen LogP) is 2.74. The van der Waals surface area contributed by atoms with Gasteiger partial charge in [-0.1, -0.05) is 0 Å². The fourth-order valence-electron chi connectivity index (χ4n) is 2.90. The molecule has 0 amide bonds. The number of rotatable bonds is 4. The topological polar surface area (TPSA) is 136 Å². The third kappa shape index (κ3) is 6.23. The second-order valence-corrected chi connectivity index (χ2v) is 8.15. The van der Waals surface area contributed by atoms with E-state index in [1.165, 1.54) is 0 Å². The summed E-state index contributed by atoms with van der Waals surface area (Å²) in [6, 6.07) is 5.46. The number of halogens is 3. The summed E-state index contributed by atoms with van der Waals surface area (Å²) in [6.45, 7) is 1.63. The van der Waals surface area contributed by atoms with Crippen molar-refractivity contribution in [2.45, 2.75) is 30.0 Å². The average Bonchev–Trinajstić information content (AvgIpc) is 3.19. The molecule has 3 heterocycles. The van der Waals surface area contributed by atoms with E-state index in [0.29, 0.717) is 33.4 Å². The Labute approximate surface area is 183 Å². The molecule has 0 spiro atoms. The number of nitrogens with one attached hydrogen (secondary N) is 1. The first kappa shape index (κ1) is 23.6. The van der Waals surface area contributed by atoms with Gasteiger partial charge in [-0.05, 0) is 31.0 Å². The number of alkyl halides is 3. The molecule has 3 aromatic rings. The molecule has 32 heavy (non-hydrogen) atoms. The molecule has 1 fully saturated rings. The van der Waals surface area contributed by atoms with Gasteiger partial charge in [0.25, 0.3) is 5.56 Å². The Bertz CT molecular complexity index is 1140. The van der Waals surface area contributed by atoms with Gasteiger partial charge >= 0.3 is 12.1 Å². The first-order valence-electron chi connectivity index (χ1n) is 9.46. The van der Waals surface area contributed by atoms with Crippen LogP contribution in [0.2, 0.25) is 0 Å². The van der Waals surface area contributed by atoms with E-state index in [4.69, 9.17) is 20.4 Å². The fourth-order valence-corrected chi connectivity index (χ4v) is 3.96. The minimum atomic E-state index is -5.08. The Morgan fingerprint density at radius 2 is 2.03 bits per heavy atom. The second-order valence-electron chi connectivity index (χ2n) is 6.86. The second kappa shape index (κ2) is 10.0. The number of carbonyl (C=O) groups is 1. The van der Waals surface area contributed by atoms with Crippen LogP contribution in [-0.4, -0.2) is 55.5 Å². The third-order valence-electron chi connectivity index (χ3n) is 4.47. The van der Waals surface area contributed by atoms with Crippen LogP contribution in [0.4, 0.5) is 18.9 Å². The number of ether oxygens (including phenoxy) is 1. The van der Waals surface area contributed by atoms with Gasteiger partial charge in [0.05, 0.1) is 40.4 Å². The van der Waals surface area contributed by atoms with Gasteiger partial charge < -0.3 is 20.6 Å². The van der Waals surface area contributed by atoms with Crippen LogP contribution >= 0.6 is 11.8 Å². The summed E-state index contributed by atoms with van der Waals surface area (Å²) in [5.41, 5.74) is 7.69. The number of thioether (sulfide) groups is 1. The first-order chi connectivity index (χ1) is 15.1. The zero-order valence-electron chi connectivity index (χ0n) is 16.6. The first-order valence-corrected chi connectivity index (χ1v) is 10.5. The quantitative estimate of drug-likeness (QED) is 0.529. The third-order valence-corrected chi connectivity index (χ3v) is 5.86. The summed E-state index contributed by atoms with van der Waals surface area (Å²) >= 11 is 1.82. The van der Waals surface area contributed by atoms with Crippen molar-refractivity contribution in [3.8, 4) is 5.69 Å². The lowest BCUT2D eigenvalue weighted by Gasteiger charge is -2.21. The lowest BCUT2D eigenvalue weighted by Crippen LogP contribution is -2.21. The van der Waals surface area contributed by atoms with Crippen molar-refractivity contribution in [3.05, 3.63) is 46.8 Å². The summed E-state index contributed by atoms with van der Waals surface area (Å²) < 4.78 is 38.8. The molecule has 0 saturated carbocycles. The molecule has 0 aliphatic carbocycles. The number of fused-ring (bicyclic) bond motifs is 1. The Balaban J connectivity index is 0.000000360. The van der Waals surface area contributed by atoms with Crippen molar-refractivity contribution < 1.29 is 27.8 Å². The van der Waals surface area contributed by atoms with Crippen LogP contribution in [0.1, 0.15) is 18.7 Å². The molecule has 1 saturated heterocycles. The van der Waals surface area contributed by atoms with Crippen molar-refractivity contribution >= 4 is 34.3 Å². The van der Waals surface area contributed by atoms with Gasteiger partial charge in [-0.15, -0.1) is 0 Å². The maximum Gasteiger partial charge on any atom is 0.490 e. The summed E-state index contributed by atoms with van der Waals surface area (Å²) in [5.74, 6) is -1.37. The average molecular weight is 471 g/mol. The molecular weight excluding hydrogens is 451 g/mol. The summed E-state index contributed by atoms with van der Waals surface area (Å²) in [4.78, 5) is 28.8. The highest BCUT2D eigenvalue weighted by Crippen LogP contribution is 2.25. The van der Waals surface area contributed by atoms with E-state index in [2.05, 4.69) is 15.1 Å². The standard InChI is InChI=1S/C17H19N5O2S.C2HF3O2/c18-11-8-19-22(9-11)12-1-2-14-15(7-12)20-16(21-17(14)23)10-25-13-3-5-24-6-4-13;3-2(4,5)1(6)7/h1-2,7-9,13H,3-6,10,18H2,(H,20,21,23);(H,6,7). The molecule has 1 aliphatic rings. The van der Waals surface area contributed by atoms with Gasteiger partial charge in [0, 0.05) is 18.5 Å². The minimum Gasteiger partial charge on any atom is -0.475 e. The maximum absolute atomic E-state index is 12.3. The van der Waals surface area contributed by atoms with E-state index < -0.39 is 12.1 Å². The fraction of sp³-hybridized carbons (Fsp3) is 0.368. The summed E-state index contributed by atoms with van der Waals surface area (Å²) in [7, 11) is 0. The predicted molar refractivity (Wildman–Crippen MR) is 113 cm³/mol. The highest BCUT2D eigenvalue weighted by molar-refractivity contribution is 7.99. The number of carboxylic acid groups (broad SMARTS) is 1. The highest BCUT2D eigenvalue weighted by atomic mass is 32.2.